The van der Waals surface area contributed by atoms with E-state index in [9.17, 15) is 4.79 Å². The lowest BCUT2D eigenvalue weighted by atomic mass is 10.2. The van der Waals surface area contributed by atoms with E-state index in [1.165, 1.54) is 16.9 Å². The molecule has 94 valence electrons. The second kappa shape index (κ2) is 5.59. The number of hydrogen-bond acceptors (Lipinski definition) is 5. The van der Waals surface area contributed by atoms with Gasteiger partial charge < -0.3 is 10.4 Å². The van der Waals surface area contributed by atoms with Crippen molar-refractivity contribution in [2.45, 2.75) is 13.3 Å². The van der Waals surface area contributed by atoms with Crippen molar-refractivity contribution in [2.75, 3.05) is 11.9 Å². The number of pyridine rings is 1. The van der Waals surface area contributed by atoms with E-state index in [1.807, 2.05) is 12.1 Å². The van der Waals surface area contributed by atoms with Gasteiger partial charge in [-0.15, -0.1) is 11.3 Å². The topological polar surface area (TPSA) is 75.1 Å². The Balaban J connectivity index is 1.91. The summed E-state index contributed by atoms with van der Waals surface area (Å²) < 4.78 is 0. The molecule has 0 unspecified atom stereocenters. The van der Waals surface area contributed by atoms with Gasteiger partial charge in [-0.2, -0.15) is 0 Å². The van der Waals surface area contributed by atoms with Crippen molar-refractivity contribution in [1.29, 1.82) is 0 Å². The number of carbonyl (C=O) groups is 1. The van der Waals surface area contributed by atoms with E-state index in [4.69, 9.17) is 5.11 Å². The lowest BCUT2D eigenvalue weighted by Crippen LogP contribution is -2.05. The first-order valence-electron chi connectivity index (χ1n) is 5.50. The lowest BCUT2D eigenvalue weighted by Gasteiger charge is -2.02. The van der Waals surface area contributed by atoms with Crippen LogP contribution in [0, 0.1) is 6.92 Å². The summed E-state index contributed by atoms with van der Waals surface area (Å²) in [5.74, 6) is -0.981. The predicted molar refractivity (Wildman–Crippen MR) is 70.2 cm³/mol. The van der Waals surface area contributed by atoms with Gasteiger partial charge in [-0.3, -0.25) is 4.98 Å². The Morgan fingerprint density at radius 3 is 2.78 bits per heavy atom. The monoisotopic (exact) mass is 263 g/mol. The number of carboxylic acid groups (broad SMARTS) is 1. The fourth-order valence-electron chi connectivity index (χ4n) is 1.53. The summed E-state index contributed by atoms with van der Waals surface area (Å²) in [6, 6.07) is 3.91. The average Bonchev–Trinajstić information content (AvgIpc) is 2.72. The molecular weight excluding hydrogens is 250 g/mol. The van der Waals surface area contributed by atoms with Gasteiger partial charge in [0.1, 0.15) is 0 Å². The zero-order valence-corrected chi connectivity index (χ0v) is 10.7. The van der Waals surface area contributed by atoms with Crippen LogP contribution in [0.1, 0.15) is 20.9 Å². The summed E-state index contributed by atoms with van der Waals surface area (Å²) in [4.78, 5) is 19.5. The Kier molecular flexibility index (Phi) is 3.88. The summed E-state index contributed by atoms with van der Waals surface area (Å²) >= 11 is 1.36. The largest absolute Gasteiger partial charge is 0.476 e. The summed E-state index contributed by atoms with van der Waals surface area (Å²) in [5.41, 5.74) is 1.32. The van der Waals surface area contributed by atoms with Crippen LogP contribution in [0.5, 0.6) is 0 Å². The van der Waals surface area contributed by atoms with Crippen molar-refractivity contribution in [3.63, 3.8) is 0 Å². The lowest BCUT2D eigenvalue weighted by molar-refractivity contribution is 0.0690. The number of carboxylic acids is 1. The molecule has 0 spiro atoms. The van der Waals surface area contributed by atoms with Crippen LogP contribution in [0.3, 0.4) is 0 Å². The zero-order chi connectivity index (χ0) is 13.0. The van der Waals surface area contributed by atoms with Crippen molar-refractivity contribution < 1.29 is 9.90 Å². The van der Waals surface area contributed by atoms with Crippen molar-refractivity contribution in [2.24, 2.45) is 0 Å². The van der Waals surface area contributed by atoms with Crippen molar-refractivity contribution in [3.8, 4) is 0 Å². The molecule has 0 saturated heterocycles. The van der Waals surface area contributed by atoms with Crippen LogP contribution in [-0.2, 0) is 6.42 Å². The van der Waals surface area contributed by atoms with Gasteiger partial charge in [-0.05, 0) is 31.0 Å². The molecule has 2 aromatic rings. The number of hydrogen-bond donors (Lipinski definition) is 2. The third-order valence-corrected chi connectivity index (χ3v) is 3.37. The highest BCUT2D eigenvalue weighted by atomic mass is 32.1. The van der Waals surface area contributed by atoms with E-state index >= 15 is 0 Å². The van der Waals surface area contributed by atoms with Gasteiger partial charge in [0.05, 0.1) is 0 Å². The highest BCUT2D eigenvalue weighted by Gasteiger charge is 2.13. The fourth-order valence-corrected chi connectivity index (χ4v) is 2.36. The molecule has 0 saturated carbocycles. The molecular formula is C12H13N3O2S. The van der Waals surface area contributed by atoms with Crippen LogP contribution in [-0.4, -0.2) is 27.6 Å². The standard InChI is InChI=1S/C12H13N3O2S/c1-8-10(11(16)17)15-12(18-8)14-7-4-9-2-5-13-6-3-9/h2-3,5-6H,4,7H2,1H3,(H,14,15)(H,16,17). The smallest absolute Gasteiger partial charge is 0.355 e. The van der Waals surface area contributed by atoms with Crippen LogP contribution in [0.4, 0.5) is 5.13 Å². The third kappa shape index (κ3) is 3.04. The molecule has 2 N–H and O–H groups in total. The Bertz CT molecular complexity index is 540. The number of aryl methyl sites for hydroxylation is 1. The minimum atomic E-state index is -0.981. The minimum Gasteiger partial charge on any atom is -0.476 e. The molecule has 0 fully saturated rings. The van der Waals surface area contributed by atoms with E-state index in [-0.39, 0.29) is 5.69 Å². The molecule has 0 aliphatic heterocycles. The Labute approximate surface area is 109 Å². The maximum Gasteiger partial charge on any atom is 0.355 e. The molecule has 0 aromatic carbocycles. The first-order valence-corrected chi connectivity index (χ1v) is 6.32. The van der Waals surface area contributed by atoms with Gasteiger partial charge in [0.25, 0.3) is 0 Å². The SMILES string of the molecule is Cc1sc(NCCc2ccncc2)nc1C(=O)O. The molecule has 0 bridgehead atoms. The van der Waals surface area contributed by atoms with E-state index in [0.717, 1.165) is 13.0 Å². The number of nitrogens with one attached hydrogen (secondary N) is 1. The number of rotatable bonds is 5. The second-order valence-corrected chi connectivity index (χ2v) is 4.96. The molecule has 0 radical (unpaired) electrons. The third-order valence-electron chi connectivity index (χ3n) is 2.44. The Morgan fingerprint density at radius 2 is 2.17 bits per heavy atom. The van der Waals surface area contributed by atoms with E-state index in [0.29, 0.717) is 10.0 Å². The van der Waals surface area contributed by atoms with Crippen molar-refractivity contribution in [3.05, 3.63) is 40.7 Å². The predicted octanol–water partition coefficient (Wildman–Crippen LogP) is 2.20. The summed E-state index contributed by atoms with van der Waals surface area (Å²) in [6.07, 6.45) is 4.36. The van der Waals surface area contributed by atoms with Crippen LogP contribution < -0.4 is 5.32 Å². The molecule has 0 atom stereocenters. The molecule has 0 aliphatic rings. The number of aromatic carboxylic acids is 1. The van der Waals surface area contributed by atoms with E-state index in [2.05, 4.69) is 15.3 Å². The molecule has 6 heteroatoms. The molecule has 0 aliphatic carbocycles. The molecule has 5 nitrogen and oxygen atoms in total. The van der Waals surface area contributed by atoms with Crippen LogP contribution in [0.25, 0.3) is 0 Å². The van der Waals surface area contributed by atoms with E-state index < -0.39 is 5.97 Å². The van der Waals surface area contributed by atoms with Crippen molar-refractivity contribution in [1.82, 2.24) is 9.97 Å². The molecule has 18 heavy (non-hydrogen) atoms. The Morgan fingerprint density at radius 1 is 1.44 bits per heavy atom. The van der Waals surface area contributed by atoms with Gasteiger partial charge in [0.2, 0.25) is 0 Å². The number of thiazole rings is 1. The van der Waals surface area contributed by atoms with Crippen LogP contribution in [0.2, 0.25) is 0 Å². The highest BCUT2D eigenvalue weighted by Crippen LogP contribution is 2.21. The molecule has 2 rings (SSSR count). The average molecular weight is 263 g/mol. The summed E-state index contributed by atoms with van der Waals surface area (Å²) in [7, 11) is 0. The fraction of sp³-hybridized carbons (Fsp3) is 0.250. The molecule has 2 heterocycles. The van der Waals surface area contributed by atoms with Gasteiger partial charge in [-0.1, -0.05) is 0 Å². The summed E-state index contributed by atoms with van der Waals surface area (Å²) in [5, 5.41) is 12.7. The maximum absolute atomic E-state index is 10.8. The number of anilines is 1. The normalized spacial score (nSPS) is 10.3. The Hall–Kier alpha value is -1.95. The van der Waals surface area contributed by atoms with Crippen LogP contribution >= 0.6 is 11.3 Å². The second-order valence-electron chi connectivity index (χ2n) is 3.76. The van der Waals surface area contributed by atoms with E-state index in [1.54, 1.807) is 19.3 Å². The van der Waals surface area contributed by atoms with Gasteiger partial charge in [-0.25, -0.2) is 9.78 Å². The first-order chi connectivity index (χ1) is 8.66. The van der Waals surface area contributed by atoms with Crippen molar-refractivity contribution >= 4 is 22.4 Å². The quantitative estimate of drug-likeness (QED) is 0.865. The number of nitrogens with zero attached hydrogens (tertiary/aromatic N) is 2. The molecule has 2 aromatic heterocycles. The summed E-state index contributed by atoms with van der Waals surface area (Å²) in [6.45, 7) is 2.48. The zero-order valence-electron chi connectivity index (χ0n) is 9.88. The minimum absolute atomic E-state index is 0.131. The van der Waals surface area contributed by atoms with Gasteiger partial charge in [0, 0.05) is 23.8 Å². The maximum atomic E-state index is 10.8. The first kappa shape index (κ1) is 12.5. The highest BCUT2D eigenvalue weighted by molar-refractivity contribution is 7.15. The molecule has 0 amide bonds. The number of aromatic nitrogens is 2. The van der Waals surface area contributed by atoms with Crippen LogP contribution in [0.15, 0.2) is 24.5 Å². The van der Waals surface area contributed by atoms with Gasteiger partial charge >= 0.3 is 5.97 Å². The van der Waals surface area contributed by atoms with Gasteiger partial charge in [0.15, 0.2) is 10.8 Å².